The summed E-state index contributed by atoms with van der Waals surface area (Å²) in [6, 6.07) is 0. The SMILES string of the molecule is CC(C)=O.O=C([O-])CC(O)(CC(=O)[O-])C(=O)[O-].[Na+].[Na+].[Na+]. The molecule has 0 rings (SSSR count). The zero-order valence-corrected chi connectivity index (χ0v) is 18.2. The Morgan fingerprint density at radius 2 is 1.05 bits per heavy atom. The maximum atomic E-state index is 10.1. The summed E-state index contributed by atoms with van der Waals surface area (Å²) < 4.78 is 0. The van der Waals surface area contributed by atoms with Crippen LogP contribution in [-0.4, -0.2) is 34.4 Å². The summed E-state index contributed by atoms with van der Waals surface area (Å²) in [7, 11) is 0. The first kappa shape index (κ1) is 32.8. The van der Waals surface area contributed by atoms with Gasteiger partial charge in [-0.2, -0.15) is 0 Å². The number of hydrogen-bond acceptors (Lipinski definition) is 8. The maximum absolute atomic E-state index is 10.1. The molecule has 0 aliphatic heterocycles. The summed E-state index contributed by atoms with van der Waals surface area (Å²) in [6.45, 7) is 3.06. The predicted octanol–water partition coefficient (Wildman–Crippen LogP) is -13.6. The zero-order valence-electron chi connectivity index (χ0n) is 12.2. The minimum atomic E-state index is -2.97. The van der Waals surface area contributed by atoms with Gasteiger partial charge in [0.2, 0.25) is 0 Å². The van der Waals surface area contributed by atoms with E-state index in [9.17, 15) is 34.5 Å². The van der Waals surface area contributed by atoms with Gasteiger partial charge in [0.05, 0.1) is 5.97 Å². The van der Waals surface area contributed by atoms with Crippen molar-refractivity contribution in [1.82, 2.24) is 0 Å². The monoisotopic (exact) mass is 316 g/mol. The van der Waals surface area contributed by atoms with Crippen LogP contribution in [0.25, 0.3) is 0 Å². The number of carboxylic acids is 3. The van der Waals surface area contributed by atoms with Gasteiger partial charge < -0.3 is 39.6 Å². The summed E-state index contributed by atoms with van der Waals surface area (Å²) >= 11 is 0. The second-order valence-electron chi connectivity index (χ2n) is 3.32. The Kier molecular flexibility index (Phi) is 26.9. The molecule has 20 heavy (non-hydrogen) atoms. The molecule has 0 saturated heterocycles. The molecule has 0 aromatic carbocycles. The number of ketones is 1. The number of carbonyl (C=O) groups is 4. The number of aliphatic carboxylic acids is 3. The first-order valence-electron chi connectivity index (χ1n) is 4.32. The van der Waals surface area contributed by atoms with E-state index in [1.807, 2.05) is 0 Å². The summed E-state index contributed by atoms with van der Waals surface area (Å²) in [4.78, 5) is 39.4. The quantitative estimate of drug-likeness (QED) is 0.490. The molecule has 0 radical (unpaired) electrons. The van der Waals surface area contributed by atoms with Gasteiger partial charge in [-0.05, 0) is 13.8 Å². The fourth-order valence-corrected chi connectivity index (χ4v) is 0.684. The van der Waals surface area contributed by atoms with Crippen LogP contribution in [0, 0.1) is 0 Å². The largest absolute Gasteiger partial charge is 1.00 e. The molecule has 0 saturated carbocycles. The number of carboxylic acid groups (broad SMARTS) is 3. The van der Waals surface area contributed by atoms with Crippen LogP contribution in [0.2, 0.25) is 0 Å². The van der Waals surface area contributed by atoms with Crippen molar-refractivity contribution in [3.8, 4) is 0 Å². The number of hydrogen-bond donors (Lipinski definition) is 1. The molecule has 0 unspecified atom stereocenters. The minimum absolute atomic E-state index is 0. The number of aliphatic hydroxyl groups is 1. The van der Waals surface area contributed by atoms with E-state index in [4.69, 9.17) is 5.11 Å². The first-order valence-corrected chi connectivity index (χ1v) is 4.32. The molecule has 1 N–H and O–H groups in total. The normalized spacial score (nSPS) is 8.35. The standard InChI is InChI=1S/C6H8O7.C3H6O.3Na/c7-3(8)1-6(13,5(11)12)2-4(9)10;1-3(2)4;;;/h13H,1-2H2,(H,7,8)(H,9,10)(H,11,12);1-2H3;;;/q;;3*+1/p-3. The molecule has 0 spiro atoms. The van der Waals surface area contributed by atoms with Crippen molar-refractivity contribution in [2.45, 2.75) is 32.3 Å². The molecule has 0 aliphatic carbocycles. The average Bonchev–Trinajstić information content (AvgIpc) is 1.98. The zero-order chi connectivity index (χ0) is 14.2. The van der Waals surface area contributed by atoms with Crippen LogP contribution >= 0.6 is 0 Å². The van der Waals surface area contributed by atoms with E-state index in [1.165, 1.54) is 13.8 Å². The molecule has 0 amide bonds. The molecule has 0 fully saturated rings. The Balaban J connectivity index is -0.0000000951. The third-order valence-corrected chi connectivity index (χ3v) is 1.25. The van der Waals surface area contributed by atoms with Crippen molar-refractivity contribution in [3.05, 3.63) is 0 Å². The van der Waals surface area contributed by atoms with Gasteiger partial charge >= 0.3 is 88.7 Å². The van der Waals surface area contributed by atoms with E-state index < -0.39 is 36.4 Å². The van der Waals surface area contributed by atoms with Gasteiger partial charge in [0.1, 0.15) is 11.4 Å². The van der Waals surface area contributed by atoms with Crippen LogP contribution < -0.4 is 104 Å². The number of carbonyl (C=O) groups excluding carboxylic acids is 4. The van der Waals surface area contributed by atoms with Gasteiger partial charge in [-0.25, -0.2) is 0 Å². The van der Waals surface area contributed by atoms with Gasteiger partial charge in [-0.15, -0.1) is 0 Å². The van der Waals surface area contributed by atoms with Crippen LogP contribution in [0.5, 0.6) is 0 Å². The van der Waals surface area contributed by atoms with Crippen LogP contribution in [0.1, 0.15) is 26.7 Å². The second-order valence-corrected chi connectivity index (χ2v) is 3.32. The predicted molar refractivity (Wildman–Crippen MR) is 45.6 cm³/mol. The Hall–Kier alpha value is 1.04. The average molecular weight is 316 g/mol. The molecule has 11 heteroatoms. The van der Waals surface area contributed by atoms with Crippen molar-refractivity contribution in [1.29, 1.82) is 0 Å². The molecule has 0 atom stereocenters. The van der Waals surface area contributed by atoms with E-state index in [0.29, 0.717) is 0 Å². The Morgan fingerprint density at radius 1 is 0.850 bits per heavy atom. The van der Waals surface area contributed by atoms with Crippen LogP contribution in [-0.2, 0) is 19.2 Å². The third kappa shape index (κ3) is 21.3. The van der Waals surface area contributed by atoms with Gasteiger partial charge in [-0.3, -0.25) is 0 Å². The third-order valence-electron chi connectivity index (χ3n) is 1.25. The van der Waals surface area contributed by atoms with Gasteiger partial charge in [0, 0.05) is 24.8 Å². The molecule has 0 aliphatic rings. The van der Waals surface area contributed by atoms with Gasteiger partial charge in [0.25, 0.3) is 0 Å². The molecule has 0 aromatic rings. The fourth-order valence-electron chi connectivity index (χ4n) is 0.684. The smallest absolute Gasteiger partial charge is 0.550 e. The van der Waals surface area contributed by atoms with Crippen molar-refractivity contribution < 1.29 is 128 Å². The number of rotatable bonds is 5. The van der Waals surface area contributed by atoms with Crippen molar-refractivity contribution >= 4 is 23.7 Å². The molecule has 8 nitrogen and oxygen atoms in total. The summed E-state index contributed by atoms with van der Waals surface area (Å²) in [6.07, 6.45) is -2.72. The molecular formula is C9H11Na3O8. The van der Waals surface area contributed by atoms with Crippen LogP contribution in [0.3, 0.4) is 0 Å². The van der Waals surface area contributed by atoms with Crippen LogP contribution in [0.15, 0.2) is 0 Å². The Labute approximate surface area is 182 Å². The fraction of sp³-hybridized carbons (Fsp3) is 0.556. The molecule has 0 heterocycles. The maximum Gasteiger partial charge on any atom is 1.00 e. The first-order chi connectivity index (χ1) is 7.51. The van der Waals surface area contributed by atoms with Crippen LogP contribution in [0.4, 0.5) is 0 Å². The van der Waals surface area contributed by atoms with E-state index in [2.05, 4.69) is 0 Å². The topological polar surface area (TPSA) is 158 Å². The van der Waals surface area contributed by atoms with E-state index >= 15 is 0 Å². The summed E-state index contributed by atoms with van der Waals surface area (Å²) in [5.74, 6) is -5.82. The summed E-state index contributed by atoms with van der Waals surface area (Å²) in [5.41, 5.74) is -2.97. The van der Waals surface area contributed by atoms with Crippen molar-refractivity contribution in [2.24, 2.45) is 0 Å². The van der Waals surface area contributed by atoms with Crippen molar-refractivity contribution in [2.75, 3.05) is 0 Å². The second kappa shape index (κ2) is 16.4. The Morgan fingerprint density at radius 3 is 1.15 bits per heavy atom. The van der Waals surface area contributed by atoms with Gasteiger partial charge in [0.15, 0.2) is 0 Å². The molecule has 0 aromatic heterocycles. The molecule has 0 bridgehead atoms. The van der Waals surface area contributed by atoms with Crippen molar-refractivity contribution in [3.63, 3.8) is 0 Å². The molecular weight excluding hydrogens is 305 g/mol. The van der Waals surface area contributed by atoms with Gasteiger partial charge in [-0.1, -0.05) is 0 Å². The summed E-state index contributed by atoms with van der Waals surface area (Å²) in [5, 5.41) is 38.9. The van der Waals surface area contributed by atoms with E-state index in [-0.39, 0.29) is 94.5 Å². The Bertz CT molecular complexity index is 311. The molecule has 98 valence electrons. The minimum Gasteiger partial charge on any atom is -0.550 e. The van der Waals surface area contributed by atoms with E-state index in [0.717, 1.165) is 0 Å². The number of Topliss-reactive ketones (excluding diaryl/α,β-unsaturated/α-hetero) is 1. The van der Waals surface area contributed by atoms with E-state index in [1.54, 1.807) is 0 Å².